The molecule has 0 saturated heterocycles. The topological polar surface area (TPSA) is 94.3 Å². The summed E-state index contributed by atoms with van der Waals surface area (Å²) in [5, 5.41) is 14.2. The highest BCUT2D eigenvalue weighted by atomic mass is 16.1. The van der Waals surface area contributed by atoms with E-state index in [1.165, 1.54) is 0 Å². The first kappa shape index (κ1) is 22.6. The summed E-state index contributed by atoms with van der Waals surface area (Å²) in [6.45, 7) is 7.71. The molecule has 0 aliphatic carbocycles. The first-order valence-corrected chi connectivity index (χ1v) is 11.7. The van der Waals surface area contributed by atoms with E-state index in [0.29, 0.717) is 12.4 Å². The molecule has 0 atom stereocenters. The van der Waals surface area contributed by atoms with Crippen molar-refractivity contribution >= 4 is 0 Å². The summed E-state index contributed by atoms with van der Waals surface area (Å²) in [4.78, 5) is 17.9. The number of rotatable bonds is 10. The number of tetrazole rings is 1. The fourth-order valence-electron chi connectivity index (χ4n) is 4.20. The normalized spacial score (nSPS) is 11.2. The zero-order chi connectivity index (χ0) is 23.2. The monoisotopic (exact) mass is 445 g/mol. The Labute approximate surface area is 193 Å². The van der Waals surface area contributed by atoms with Crippen molar-refractivity contribution in [3.05, 3.63) is 70.0 Å². The van der Waals surface area contributed by atoms with Crippen molar-refractivity contribution in [2.24, 2.45) is 0 Å². The number of nitrogens with zero attached hydrogens (tertiary/aromatic N) is 6. The summed E-state index contributed by atoms with van der Waals surface area (Å²) in [5.41, 5.74) is 6.01. The molecule has 1 N–H and O–H groups in total. The maximum atomic E-state index is 13.2. The lowest BCUT2D eigenvalue weighted by Gasteiger charge is -2.10. The summed E-state index contributed by atoms with van der Waals surface area (Å²) in [7, 11) is 0. The summed E-state index contributed by atoms with van der Waals surface area (Å²) in [6, 6.07) is 11.9. The van der Waals surface area contributed by atoms with E-state index in [1.54, 1.807) is 0 Å². The van der Waals surface area contributed by atoms with Crippen molar-refractivity contribution in [2.75, 3.05) is 0 Å². The lowest BCUT2D eigenvalue weighted by atomic mass is 10.0. The van der Waals surface area contributed by atoms with Gasteiger partial charge in [-0.1, -0.05) is 57.0 Å². The van der Waals surface area contributed by atoms with Crippen molar-refractivity contribution in [3.63, 3.8) is 0 Å². The summed E-state index contributed by atoms with van der Waals surface area (Å²) in [6.07, 6.45) is 7.03. The zero-order valence-electron chi connectivity index (χ0n) is 19.6. The standard InChI is InChI=1S/C25H31N7O/c1-4-6-12-23-18(3)31(15-7-5-2)25(33)32(23)17-19-13-14-22(26-16-19)20-10-8-9-11-21(20)24-27-29-30-28-24/h8-11,13-14,16H,4-7,12,15,17H2,1-3H3,(H,27,28,29,30). The van der Waals surface area contributed by atoms with E-state index in [2.05, 4.69) is 41.4 Å². The van der Waals surface area contributed by atoms with Crippen molar-refractivity contribution in [1.82, 2.24) is 34.7 Å². The first-order chi connectivity index (χ1) is 16.1. The number of unbranched alkanes of at least 4 members (excludes halogenated alkanes) is 2. The summed E-state index contributed by atoms with van der Waals surface area (Å²) < 4.78 is 3.88. The second-order valence-corrected chi connectivity index (χ2v) is 8.36. The molecule has 8 nitrogen and oxygen atoms in total. The molecule has 3 heterocycles. The predicted octanol–water partition coefficient (Wildman–Crippen LogP) is 4.39. The lowest BCUT2D eigenvalue weighted by Crippen LogP contribution is -2.26. The number of nitrogens with one attached hydrogen (secondary N) is 1. The van der Waals surface area contributed by atoms with Gasteiger partial charge in [-0.2, -0.15) is 0 Å². The molecule has 0 amide bonds. The molecule has 0 aliphatic rings. The Balaban J connectivity index is 1.64. The van der Waals surface area contributed by atoms with Gasteiger partial charge in [0.15, 0.2) is 5.82 Å². The van der Waals surface area contributed by atoms with E-state index >= 15 is 0 Å². The Morgan fingerprint density at radius 2 is 1.76 bits per heavy atom. The Morgan fingerprint density at radius 1 is 0.970 bits per heavy atom. The molecule has 0 unspecified atom stereocenters. The second kappa shape index (κ2) is 10.4. The lowest BCUT2D eigenvalue weighted by molar-refractivity contribution is 0.584. The molecule has 0 radical (unpaired) electrons. The molecule has 1 aromatic carbocycles. The van der Waals surface area contributed by atoms with Gasteiger partial charge in [-0.05, 0) is 48.2 Å². The molecule has 0 fully saturated rings. The highest BCUT2D eigenvalue weighted by Crippen LogP contribution is 2.28. The van der Waals surface area contributed by atoms with Gasteiger partial charge in [-0.15, -0.1) is 5.10 Å². The van der Waals surface area contributed by atoms with Crippen LogP contribution in [0.25, 0.3) is 22.6 Å². The van der Waals surface area contributed by atoms with Gasteiger partial charge >= 0.3 is 5.69 Å². The molecule has 0 saturated carbocycles. The Hall–Kier alpha value is -3.55. The molecular weight excluding hydrogens is 414 g/mol. The predicted molar refractivity (Wildman–Crippen MR) is 129 cm³/mol. The average molecular weight is 446 g/mol. The molecule has 8 heteroatoms. The molecule has 0 aliphatic heterocycles. The van der Waals surface area contributed by atoms with E-state index < -0.39 is 0 Å². The number of pyridine rings is 1. The van der Waals surface area contributed by atoms with E-state index in [-0.39, 0.29) is 5.69 Å². The van der Waals surface area contributed by atoms with Crippen LogP contribution in [0.15, 0.2) is 47.4 Å². The van der Waals surface area contributed by atoms with Gasteiger partial charge in [0.1, 0.15) is 0 Å². The quantitative estimate of drug-likeness (QED) is 0.391. The number of aromatic nitrogens is 7. The van der Waals surface area contributed by atoms with Gasteiger partial charge in [0.05, 0.1) is 12.2 Å². The Morgan fingerprint density at radius 3 is 2.42 bits per heavy atom. The van der Waals surface area contributed by atoms with Crippen molar-refractivity contribution < 1.29 is 0 Å². The van der Waals surface area contributed by atoms with Crippen LogP contribution in [-0.2, 0) is 19.5 Å². The van der Waals surface area contributed by atoms with Gasteiger partial charge in [0.25, 0.3) is 0 Å². The van der Waals surface area contributed by atoms with Gasteiger partial charge in [-0.3, -0.25) is 14.1 Å². The van der Waals surface area contributed by atoms with Crippen molar-refractivity contribution in [2.45, 2.75) is 66.0 Å². The molecule has 3 aromatic heterocycles. The van der Waals surface area contributed by atoms with Crippen LogP contribution in [0.5, 0.6) is 0 Å². The second-order valence-electron chi connectivity index (χ2n) is 8.36. The number of benzene rings is 1. The third kappa shape index (κ3) is 4.79. The number of hydrogen-bond acceptors (Lipinski definition) is 5. The van der Waals surface area contributed by atoms with Crippen molar-refractivity contribution in [3.8, 4) is 22.6 Å². The fraction of sp³-hybridized carbons (Fsp3) is 0.400. The van der Waals surface area contributed by atoms with Crippen LogP contribution < -0.4 is 5.69 Å². The minimum Gasteiger partial charge on any atom is -0.296 e. The van der Waals surface area contributed by atoms with E-state index in [9.17, 15) is 4.79 Å². The van der Waals surface area contributed by atoms with Gasteiger partial charge in [0, 0.05) is 35.3 Å². The Kier molecular flexibility index (Phi) is 7.12. The van der Waals surface area contributed by atoms with E-state index in [4.69, 9.17) is 4.98 Å². The number of H-pyrrole nitrogens is 1. The third-order valence-electron chi connectivity index (χ3n) is 6.08. The number of aromatic amines is 1. The number of imidazole rings is 1. The van der Waals surface area contributed by atoms with Crippen LogP contribution in [0, 0.1) is 6.92 Å². The number of hydrogen-bond donors (Lipinski definition) is 1. The van der Waals surface area contributed by atoms with Gasteiger partial charge < -0.3 is 0 Å². The zero-order valence-corrected chi connectivity index (χ0v) is 19.6. The summed E-state index contributed by atoms with van der Waals surface area (Å²) >= 11 is 0. The van der Waals surface area contributed by atoms with Crippen LogP contribution >= 0.6 is 0 Å². The first-order valence-electron chi connectivity index (χ1n) is 11.7. The maximum Gasteiger partial charge on any atom is 0.328 e. The van der Waals surface area contributed by atoms with Crippen LogP contribution in [0.2, 0.25) is 0 Å². The van der Waals surface area contributed by atoms with Gasteiger partial charge in [0.2, 0.25) is 0 Å². The molecule has 0 bridgehead atoms. The van der Waals surface area contributed by atoms with E-state index in [1.807, 2.05) is 51.7 Å². The largest absolute Gasteiger partial charge is 0.328 e. The highest BCUT2D eigenvalue weighted by Gasteiger charge is 2.17. The maximum absolute atomic E-state index is 13.2. The van der Waals surface area contributed by atoms with E-state index in [0.717, 1.165) is 72.4 Å². The van der Waals surface area contributed by atoms with Crippen molar-refractivity contribution in [1.29, 1.82) is 0 Å². The minimum atomic E-state index is 0.0827. The Bertz CT molecular complexity index is 1240. The molecule has 33 heavy (non-hydrogen) atoms. The van der Waals surface area contributed by atoms with Crippen LogP contribution in [0.4, 0.5) is 0 Å². The fourth-order valence-corrected chi connectivity index (χ4v) is 4.20. The third-order valence-corrected chi connectivity index (χ3v) is 6.08. The van der Waals surface area contributed by atoms with Crippen LogP contribution in [-0.4, -0.2) is 34.7 Å². The molecule has 172 valence electrons. The van der Waals surface area contributed by atoms with Crippen LogP contribution in [0.1, 0.15) is 56.5 Å². The summed E-state index contributed by atoms with van der Waals surface area (Å²) in [5.74, 6) is 0.604. The molecule has 4 aromatic rings. The highest BCUT2D eigenvalue weighted by molar-refractivity contribution is 5.78. The smallest absolute Gasteiger partial charge is 0.296 e. The molecule has 0 spiro atoms. The molecular formula is C25H31N7O. The average Bonchev–Trinajstić information content (AvgIpc) is 3.45. The SMILES string of the molecule is CCCCc1c(C)n(CCCC)c(=O)n1Cc1ccc(-c2ccccc2-c2nnn[nH]2)nc1. The minimum absolute atomic E-state index is 0.0827. The molecule has 4 rings (SSSR count). The van der Waals surface area contributed by atoms with Gasteiger partial charge in [-0.25, -0.2) is 9.89 Å². The van der Waals surface area contributed by atoms with Crippen LogP contribution in [0.3, 0.4) is 0 Å².